The van der Waals surface area contributed by atoms with E-state index in [1.165, 1.54) is 18.2 Å². The summed E-state index contributed by atoms with van der Waals surface area (Å²) in [6.45, 7) is 9.83. The molecule has 0 aliphatic carbocycles. The van der Waals surface area contributed by atoms with Crippen molar-refractivity contribution in [2.75, 3.05) is 13.1 Å². The lowest BCUT2D eigenvalue weighted by Gasteiger charge is -2.41. The molecule has 0 saturated carbocycles. The van der Waals surface area contributed by atoms with Gasteiger partial charge in [-0.3, -0.25) is 9.69 Å². The molecule has 0 bridgehead atoms. The molecule has 118 valence electrons. The first kappa shape index (κ1) is 18.1. The van der Waals surface area contributed by atoms with E-state index in [1.807, 2.05) is 13.8 Å². The fraction of sp³-hybridized carbons (Fsp3) is 0.588. The van der Waals surface area contributed by atoms with Crippen LogP contribution in [-0.2, 0) is 11.2 Å². The maximum Gasteiger partial charge on any atom is 0.157 e. The number of hydrogen-bond donors (Lipinski definition) is 0. The van der Waals surface area contributed by atoms with Crippen molar-refractivity contribution >= 4 is 17.4 Å². The van der Waals surface area contributed by atoms with Crippen LogP contribution in [-0.4, -0.2) is 29.3 Å². The van der Waals surface area contributed by atoms with Crippen molar-refractivity contribution in [2.45, 2.75) is 52.5 Å². The quantitative estimate of drug-likeness (QED) is 0.704. The lowest BCUT2D eigenvalue weighted by molar-refractivity contribution is -0.131. The molecule has 21 heavy (non-hydrogen) atoms. The fourth-order valence-corrected chi connectivity index (χ4v) is 3.30. The zero-order chi connectivity index (χ0) is 16.0. The molecule has 1 aromatic rings. The third-order valence-corrected chi connectivity index (χ3v) is 4.79. The number of carbonyl (C=O) groups excluding carboxylic acids is 1. The highest BCUT2D eigenvalue weighted by atomic mass is 35.5. The van der Waals surface area contributed by atoms with Crippen molar-refractivity contribution < 1.29 is 9.18 Å². The predicted molar refractivity (Wildman–Crippen MR) is 86.4 cm³/mol. The van der Waals surface area contributed by atoms with Gasteiger partial charge in [-0.2, -0.15) is 0 Å². The summed E-state index contributed by atoms with van der Waals surface area (Å²) in [5.74, 6) is -0.243. The van der Waals surface area contributed by atoms with Gasteiger partial charge in [0.25, 0.3) is 0 Å². The van der Waals surface area contributed by atoms with Crippen molar-refractivity contribution in [1.82, 2.24) is 4.90 Å². The van der Waals surface area contributed by atoms with Crippen molar-refractivity contribution in [3.05, 3.63) is 34.6 Å². The Morgan fingerprint density at radius 3 is 2.24 bits per heavy atom. The van der Waals surface area contributed by atoms with Gasteiger partial charge in [0.05, 0.1) is 5.54 Å². The second-order valence-corrected chi connectivity index (χ2v) is 5.65. The van der Waals surface area contributed by atoms with Gasteiger partial charge in [-0.25, -0.2) is 4.39 Å². The molecule has 0 spiro atoms. The second kappa shape index (κ2) is 7.90. The van der Waals surface area contributed by atoms with E-state index in [1.54, 1.807) is 0 Å². The summed E-state index contributed by atoms with van der Waals surface area (Å²) in [6, 6.07) is 4.18. The largest absolute Gasteiger partial charge is 0.297 e. The molecular formula is C17H25ClFNO. The molecule has 4 heteroatoms. The molecule has 1 rings (SSSR count). The topological polar surface area (TPSA) is 20.3 Å². The van der Waals surface area contributed by atoms with Crippen LogP contribution in [0, 0.1) is 5.82 Å². The standard InChI is InChI=1S/C17H25ClFNO/c1-5-17(6-2,20(7-3)8-4)16(21)12-13-11-14(19)9-10-15(13)18/h9-11H,5-8,12H2,1-4H3. The van der Waals surface area contributed by atoms with E-state index in [0.29, 0.717) is 10.6 Å². The van der Waals surface area contributed by atoms with Gasteiger partial charge in [0, 0.05) is 11.4 Å². The first-order chi connectivity index (χ1) is 9.94. The first-order valence-corrected chi connectivity index (χ1v) is 8.05. The van der Waals surface area contributed by atoms with Crippen LogP contribution in [0.25, 0.3) is 0 Å². The van der Waals surface area contributed by atoms with Gasteiger partial charge in [0.1, 0.15) is 5.82 Å². The molecule has 0 aromatic heterocycles. The molecule has 0 aliphatic rings. The summed E-state index contributed by atoms with van der Waals surface area (Å²) in [5.41, 5.74) is 0.0826. The van der Waals surface area contributed by atoms with Crippen LogP contribution in [0.5, 0.6) is 0 Å². The Balaban J connectivity index is 3.09. The van der Waals surface area contributed by atoms with Crippen LogP contribution >= 0.6 is 11.6 Å². The Morgan fingerprint density at radius 1 is 1.19 bits per heavy atom. The molecule has 0 atom stereocenters. The van der Waals surface area contributed by atoms with Crippen LogP contribution in [0.15, 0.2) is 18.2 Å². The smallest absolute Gasteiger partial charge is 0.157 e. The summed E-state index contributed by atoms with van der Waals surface area (Å²) < 4.78 is 13.4. The molecule has 0 fully saturated rings. The average Bonchev–Trinajstić information content (AvgIpc) is 2.48. The number of ketones is 1. The zero-order valence-electron chi connectivity index (χ0n) is 13.4. The Morgan fingerprint density at radius 2 is 1.76 bits per heavy atom. The monoisotopic (exact) mass is 313 g/mol. The SMILES string of the molecule is CCN(CC)C(CC)(CC)C(=O)Cc1cc(F)ccc1Cl. The molecule has 0 saturated heterocycles. The maximum absolute atomic E-state index is 13.4. The fourth-order valence-electron chi connectivity index (χ4n) is 3.11. The number of rotatable bonds is 8. The molecular weight excluding hydrogens is 289 g/mol. The average molecular weight is 314 g/mol. The van der Waals surface area contributed by atoms with Crippen LogP contribution < -0.4 is 0 Å². The summed E-state index contributed by atoms with van der Waals surface area (Å²) in [5, 5.41) is 0.449. The summed E-state index contributed by atoms with van der Waals surface area (Å²) in [6.07, 6.45) is 1.67. The third kappa shape index (κ3) is 3.83. The third-order valence-electron chi connectivity index (χ3n) is 4.42. The number of benzene rings is 1. The molecule has 2 nitrogen and oxygen atoms in total. The summed E-state index contributed by atoms with van der Waals surface area (Å²) in [7, 11) is 0. The lowest BCUT2D eigenvalue weighted by atomic mass is 9.83. The lowest BCUT2D eigenvalue weighted by Crippen LogP contribution is -2.54. The number of nitrogens with zero attached hydrogens (tertiary/aromatic N) is 1. The molecule has 0 amide bonds. The second-order valence-electron chi connectivity index (χ2n) is 5.25. The molecule has 0 radical (unpaired) electrons. The highest BCUT2D eigenvalue weighted by Crippen LogP contribution is 2.28. The summed E-state index contributed by atoms with van der Waals surface area (Å²) >= 11 is 6.09. The number of hydrogen-bond acceptors (Lipinski definition) is 2. The first-order valence-electron chi connectivity index (χ1n) is 7.67. The maximum atomic E-state index is 13.4. The van der Waals surface area contributed by atoms with Gasteiger partial charge in [-0.1, -0.05) is 39.3 Å². The minimum Gasteiger partial charge on any atom is -0.297 e. The van der Waals surface area contributed by atoms with Gasteiger partial charge in [-0.05, 0) is 49.7 Å². The molecule has 1 aromatic carbocycles. The normalized spacial score (nSPS) is 12.0. The van der Waals surface area contributed by atoms with Gasteiger partial charge in [0.2, 0.25) is 0 Å². The number of likely N-dealkylation sites (N-methyl/N-ethyl adjacent to an activating group) is 1. The van der Waals surface area contributed by atoms with E-state index in [4.69, 9.17) is 11.6 Å². The Bertz CT molecular complexity index is 482. The van der Waals surface area contributed by atoms with Gasteiger partial charge < -0.3 is 0 Å². The number of Topliss-reactive ketones (excluding diaryl/α,β-unsaturated/α-hetero) is 1. The van der Waals surface area contributed by atoms with Crippen molar-refractivity contribution in [2.24, 2.45) is 0 Å². The minimum atomic E-state index is -0.487. The van der Waals surface area contributed by atoms with E-state index >= 15 is 0 Å². The zero-order valence-corrected chi connectivity index (χ0v) is 14.1. The van der Waals surface area contributed by atoms with E-state index < -0.39 is 5.54 Å². The summed E-state index contributed by atoms with van der Waals surface area (Å²) in [4.78, 5) is 15.1. The van der Waals surface area contributed by atoms with E-state index in [-0.39, 0.29) is 18.0 Å². The van der Waals surface area contributed by atoms with Gasteiger partial charge in [0.15, 0.2) is 5.78 Å². The predicted octanol–water partition coefficient (Wildman–Crippen LogP) is 4.49. The number of halogens is 2. The molecule has 0 aliphatic heterocycles. The highest BCUT2D eigenvalue weighted by Gasteiger charge is 2.38. The van der Waals surface area contributed by atoms with Crippen molar-refractivity contribution in [1.29, 1.82) is 0 Å². The van der Waals surface area contributed by atoms with Gasteiger partial charge in [-0.15, -0.1) is 0 Å². The molecule has 0 N–H and O–H groups in total. The Hall–Kier alpha value is -0.930. The number of carbonyl (C=O) groups is 1. The molecule has 0 heterocycles. The van der Waals surface area contributed by atoms with E-state index in [2.05, 4.69) is 18.7 Å². The van der Waals surface area contributed by atoms with E-state index in [0.717, 1.165) is 25.9 Å². The van der Waals surface area contributed by atoms with Crippen molar-refractivity contribution in [3.8, 4) is 0 Å². The van der Waals surface area contributed by atoms with Gasteiger partial charge >= 0.3 is 0 Å². The van der Waals surface area contributed by atoms with Crippen LogP contribution in [0.4, 0.5) is 4.39 Å². The van der Waals surface area contributed by atoms with Crippen LogP contribution in [0.2, 0.25) is 5.02 Å². The van der Waals surface area contributed by atoms with Crippen molar-refractivity contribution in [3.63, 3.8) is 0 Å². The Labute approximate surface area is 132 Å². The van der Waals surface area contributed by atoms with Crippen LogP contribution in [0.1, 0.15) is 46.1 Å². The Kier molecular flexibility index (Phi) is 6.82. The highest BCUT2D eigenvalue weighted by molar-refractivity contribution is 6.31. The minimum absolute atomic E-state index is 0.115. The van der Waals surface area contributed by atoms with Crippen LogP contribution in [0.3, 0.4) is 0 Å². The molecule has 0 unspecified atom stereocenters. The van der Waals surface area contributed by atoms with E-state index in [9.17, 15) is 9.18 Å².